The van der Waals surface area contributed by atoms with E-state index in [0.717, 1.165) is 18.7 Å². The van der Waals surface area contributed by atoms with E-state index in [2.05, 4.69) is 39.7 Å². The molecule has 5 nitrogen and oxygen atoms in total. The van der Waals surface area contributed by atoms with Crippen LogP contribution < -0.4 is 10.6 Å². The molecule has 0 aliphatic heterocycles. The maximum Gasteiger partial charge on any atom is 0.244 e. The average molecular weight is 292 g/mol. The lowest BCUT2D eigenvalue weighted by Gasteiger charge is -2.09. The third-order valence-corrected chi connectivity index (χ3v) is 3.03. The van der Waals surface area contributed by atoms with Crippen molar-refractivity contribution < 1.29 is 0 Å². The van der Waals surface area contributed by atoms with Crippen LogP contribution in [0.1, 0.15) is 20.3 Å². The molecule has 0 atom stereocenters. The van der Waals surface area contributed by atoms with E-state index in [1.165, 1.54) is 0 Å². The summed E-state index contributed by atoms with van der Waals surface area (Å²) in [4.78, 5) is 4.35. The van der Waals surface area contributed by atoms with Crippen LogP contribution in [-0.2, 0) is 0 Å². The molecule has 6 heteroatoms. The molecule has 2 N–H and O–H groups in total. The van der Waals surface area contributed by atoms with Crippen molar-refractivity contribution >= 4 is 29.1 Å². The monoisotopic (exact) mass is 291 g/mol. The molecule has 0 spiro atoms. The van der Waals surface area contributed by atoms with Gasteiger partial charge in [-0.15, -0.1) is 5.10 Å². The minimum atomic E-state index is 0.516. The fourth-order valence-electron chi connectivity index (χ4n) is 1.61. The van der Waals surface area contributed by atoms with Crippen molar-refractivity contribution in [3.63, 3.8) is 0 Å². The molecule has 106 valence electrons. The van der Waals surface area contributed by atoms with Crippen molar-refractivity contribution in [3.05, 3.63) is 35.5 Å². The molecule has 0 bridgehead atoms. The number of benzene rings is 1. The first kappa shape index (κ1) is 14.5. The van der Waals surface area contributed by atoms with Gasteiger partial charge in [-0.3, -0.25) is 0 Å². The molecular weight excluding hydrogens is 274 g/mol. The fraction of sp³-hybridized carbons (Fsp3) is 0.357. The van der Waals surface area contributed by atoms with Gasteiger partial charge in [0.15, 0.2) is 5.82 Å². The second-order valence-corrected chi connectivity index (χ2v) is 5.29. The van der Waals surface area contributed by atoms with Crippen LogP contribution in [-0.4, -0.2) is 21.7 Å². The molecule has 0 saturated carbocycles. The van der Waals surface area contributed by atoms with Crippen molar-refractivity contribution in [1.29, 1.82) is 0 Å². The number of nitrogens with one attached hydrogen (secondary N) is 2. The van der Waals surface area contributed by atoms with Crippen molar-refractivity contribution in [2.24, 2.45) is 5.92 Å². The van der Waals surface area contributed by atoms with Crippen LogP contribution in [0.2, 0.25) is 5.02 Å². The Labute approximate surface area is 123 Å². The van der Waals surface area contributed by atoms with Gasteiger partial charge in [0.05, 0.1) is 16.9 Å². The van der Waals surface area contributed by atoms with Crippen LogP contribution >= 0.6 is 11.6 Å². The Kier molecular flexibility index (Phi) is 5.12. The molecule has 0 aliphatic rings. The van der Waals surface area contributed by atoms with Crippen molar-refractivity contribution in [1.82, 2.24) is 15.2 Å². The molecule has 20 heavy (non-hydrogen) atoms. The van der Waals surface area contributed by atoms with E-state index < -0.39 is 0 Å². The van der Waals surface area contributed by atoms with Crippen LogP contribution in [0.3, 0.4) is 0 Å². The van der Waals surface area contributed by atoms with E-state index >= 15 is 0 Å². The van der Waals surface area contributed by atoms with E-state index in [1.807, 2.05) is 24.3 Å². The molecule has 0 fully saturated rings. The molecule has 0 unspecified atom stereocenters. The van der Waals surface area contributed by atoms with Gasteiger partial charge in [-0.1, -0.05) is 37.6 Å². The lowest BCUT2D eigenvalue weighted by Crippen LogP contribution is -2.09. The van der Waals surface area contributed by atoms with E-state index in [4.69, 9.17) is 11.6 Å². The van der Waals surface area contributed by atoms with Crippen molar-refractivity contribution in [2.75, 3.05) is 17.2 Å². The number of rotatable bonds is 6. The fourth-order valence-corrected chi connectivity index (χ4v) is 1.79. The Balaban J connectivity index is 2.01. The lowest BCUT2D eigenvalue weighted by atomic mass is 10.1. The molecule has 0 saturated heterocycles. The van der Waals surface area contributed by atoms with Gasteiger partial charge >= 0.3 is 0 Å². The van der Waals surface area contributed by atoms with Gasteiger partial charge < -0.3 is 10.6 Å². The van der Waals surface area contributed by atoms with E-state index in [1.54, 1.807) is 6.20 Å². The molecule has 2 rings (SSSR count). The standard InChI is InChI=1S/C14H18ClN5/c1-10(2)7-8-16-14-19-13(9-17-20-14)18-12-6-4-3-5-11(12)15/h3-6,9-10H,7-8H2,1-2H3,(H2,16,18,19,20). The largest absolute Gasteiger partial charge is 0.353 e. The number of hydrogen-bond acceptors (Lipinski definition) is 5. The summed E-state index contributed by atoms with van der Waals surface area (Å²) in [6.45, 7) is 5.18. The first-order chi connectivity index (χ1) is 9.65. The highest BCUT2D eigenvalue weighted by Gasteiger charge is 2.03. The molecule has 1 heterocycles. The van der Waals surface area contributed by atoms with Gasteiger partial charge in [0.2, 0.25) is 5.95 Å². The van der Waals surface area contributed by atoms with Crippen molar-refractivity contribution in [3.8, 4) is 0 Å². The highest BCUT2D eigenvalue weighted by atomic mass is 35.5. The Morgan fingerprint density at radius 3 is 2.80 bits per heavy atom. The van der Waals surface area contributed by atoms with Gasteiger partial charge in [0.25, 0.3) is 0 Å². The molecule has 0 amide bonds. The summed E-state index contributed by atoms with van der Waals surface area (Å²) in [5.41, 5.74) is 0.794. The predicted octanol–water partition coefficient (Wildman–Crippen LogP) is 3.73. The van der Waals surface area contributed by atoms with E-state index in [0.29, 0.717) is 22.7 Å². The summed E-state index contributed by atoms with van der Waals surface area (Å²) in [6.07, 6.45) is 2.63. The molecule has 0 aliphatic carbocycles. The summed E-state index contributed by atoms with van der Waals surface area (Å²) in [5.74, 6) is 1.77. The van der Waals surface area contributed by atoms with E-state index in [-0.39, 0.29) is 0 Å². The quantitative estimate of drug-likeness (QED) is 0.849. The summed E-state index contributed by atoms with van der Waals surface area (Å²) < 4.78 is 0. The van der Waals surface area contributed by atoms with E-state index in [9.17, 15) is 0 Å². The number of nitrogens with zero attached hydrogens (tertiary/aromatic N) is 3. The van der Waals surface area contributed by atoms with Crippen LogP contribution in [0.4, 0.5) is 17.5 Å². The summed E-state index contributed by atoms with van der Waals surface area (Å²) in [6, 6.07) is 7.49. The summed E-state index contributed by atoms with van der Waals surface area (Å²) in [5, 5.41) is 14.8. The summed E-state index contributed by atoms with van der Waals surface area (Å²) >= 11 is 6.09. The molecule has 1 aromatic carbocycles. The molecule has 1 aromatic heterocycles. The SMILES string of the molecule is CC(C)CCNc1nncc(Nc2ccccc2Cl)n1. The Hall–Kier alpha value is -1.88. The van der Waals surface area contributed by atoms with Crippen LogP contribution in [0.25, 0.3) is 0 Å². The van der Waals surface area contributed by atoms with Crippen LogP contribution in [0.5, 0.6) is 0 Å². The van der Waals surface area contributed by atoms with Gasteiger partial charge in [-0.25, -0.2) is 0 Å². The van der Waals surface area contributed by atoms with Crippen LogP contribution in [0.15, 0.2) is 30.5 Å². The number of aromatic nitrogens is 3. The maximum absolute atomic E-state index is 6.09. The zero-order valence-electron chi connectivity index (χ0n) is 11.6. The normalized spacial score (nSPS) is 10.6. The molecule has 2 aromatic rings. The smallest absolute Gasteiger partial charge is 0.244 e. The Morgan fingerprint density at radius 1 is 1.25 bits per heavy atom. The van der Waals surface area contributed by atoms with Gasteiger partial charge in [0, 0.05) is 6.54 Å². The van der Waals surface area contributed by atoms with Gasteiger partial charge in [0.1, 0.15) is 0 Å². The average Bonchev–Trinajstić information content (AvgIpc) is 2.41. The highest BCUT2D eigenvalue weighted by molar-refractivity contribution is 6.33. The summed E-state index contributed by atoms with van der Waals surface area (Å²) in [7, 11) is 0. The maximum atomic E-state index is 6.09. The third kappa shape index (κ3) is 4.35. The first-order valence-corrected chi connectivity index (χ1v) is 6.98. The number of para-hydroxylation sites is 1. The second-order valence-electron chi connectivity index (χ2n) is 4.88. The van der Waals surface area contributed by atoms with Crippen molar-refractivity contribution in [2.45, 2.75) is 20.3 Å². The Bertz CT molecular complexity index is 559. The topological polar surface area (TPSA) is 62.7 Å². The first-order valence-electron chi connectivity index (χ1n) is 6.60. The number of hydrogen-bond donors (Lipinski definition) is 2. The predicted molar refractivity (Wildman–Crippen MR) is 82.5 cm³/mol. The molecular formula is C14H18ClN5. The Morgan fingerprint density at radius 2 is 2.05 bits per heavy atom. The lowest BCUT2D eigenvalue weighted by molar-refractivity contribution is 0.605. The minimum Gasteiger partial charge on any atom is -0.353 e. The van der Waals surface area contributed by atoms with Gasteiger partial charge in [-0.2, -0.15) is 10.1 Å². The highest BCUT2D eigenvalue weighted by Crippen LogP contribution is 2.23. The van der Waals surface area contributed by atoms with Crippen LogP contribution in [0, 0.1) is 5.92 Å². The number of anilines is 3. The number of halogens is 1. The molecule has 0 radical (unpaired) electrons. The second kappa shape index (κ2) is 7.05. The zero-order valence-corrected chi connectivity index (χ0v) is 12.4. The minimum absolute atomic E-state index is 0.516. The van der Waals surface area contributed by atoms with Gasteiger partial charge in [-0.05, 0) is 24.5 Å². The zero-order chi connectivity index (χ0) is 14.4. The third-order valence-electron chi connectivity index (χ3n) is 2.70.